The zero-order chi connectivity index (χ0) is 13.8. The highest BCUT2D eigenvalue weighted by atomic mass is 32.2. The maximum absolute atomic E-state index is 11.3. The topological polar surface area (TPSA) is 71.4 Å². The highest BCUT2D eigenvalue weighted by molar-refractivity contribution is 8.00. The van der Waals surface area contributed by atoms with Crippen LogP contribution < -0.4 is 0 Å². The smallest absolute Gasteiger partial charge is 0.316 e. The molecule has 0 spiro atoms. The maximum Gasteiger partial charge on any atom is 0.316 e. The van der Waals surface area contributed by atoms with Crippen molar-refractivity contribution in [1.82, 2.24) is 0 Å². The van der Waals surface area contributed by atoms with Gasteiger partial charge in [-0.25, -0.2) is 8.42 Å². The van der Waals surface area contributed by atoms with Gasteiger partial charge in [0, 0.05) is 11.2 Å². The van der Waals surface area contributed by atoms with Gasteiger partial charge in [0.15, 0.2) is 9.84 Å². The molecule has 18 heavy (non-hydrogen) atoms. The molecule has 0 saturated carbocycles. The highest BCUT2D eigenvalue weighted by Gasteiger charge is 2.18. The van der Waals surface area contributed by atoms with Crippen molar-refractivity contribution < 1.29 is 18.3 Å². The molecule has 1 atom stereocenters. The molecule has 0 aliphatic carbocycles. The first-order chi connectivity index (χ1) is 8.34. The zero-order valence-corrected chi connectivity index (χ0v) is 11.9. The lowest BCUT2D eigenvalue weighted by atomic mass is 10.2. The Bertz CT molecular complexity index is 505. The van der Waals surface area contributed by atoms with E-state index in [0.29, 0.717) is 6.42 Å². The molecular formula is C12H16O4S2. The molecule has 1 N–H and O–H groups in total. The summed E-state index contributed by atoms with van der Waals surface area (Å²) in [5.74, 6) is -0.839. The standard InChI is InChI=1S/C12H16O4S2/c1-3-4-11(12(13)14)17-9-5-7-10(8-6-9)18(2,15)16/h5-8,11H,3-4H2,1-2H3,(H,13,14). The normalized spacial score (nSPS) is 13.2. The molecule has 1 unspecified atom stereocenters. The first-order valence-electron chi connectivity index (χ1n) is 5.54. The molecule has 0 amide bonds. The lowest BCUT2D eigenvalue weighted by Gasteiger charge is -2.10. The van der Waals surface area contributed by atoms with Crippen LogP contribution in [0.2, 0.25) is 0 Å². The number of sulfone groups is 1. The molecule has 0 fully saturated rings. The zero-order valence-electron chi connectivity index (χ0n) is 10.3. The second kappa shape index (κ2) is 6.24. The van der Waals surface area contributed by atoms with Gasteiger partial charge in [-0.15, -0.1) is 11.8 Å². The largest absolute Gasteiger partial charge is 0.480 e. The van der Waals surface area contributed by atoms with E-state index < -0.39 is 21.1 Å². The Morgan fingerprint density at radius 2 is 1.89 bits per heavy atom. The Morgan fingerprint density at radius 1 is 1.33 bits per heavy atom. The van der Waals surface area contributed by atoms with Gasteiger partial charge in [0.25, 0.3) is 0 Å². The van der Waals surface area contributed by atoms with Gasteiger partial charge >= 0.3 is 5.97 Å². The number of hydrogen-bond acceptors (Lipinski definition) is 4. The first-order valence-corrected chi connectivity index (χ1v) is 8.31. The predicted octanol–water partition coefficient (Wildman–Crippen LogP) is 2.44. The minimum atomic E-state index is -3.20. The fourth-order valence-corrected chi connectivity index (χ4v) is 3.13. The summed E-state index contributed by atoms with van der Waals surface area (Å²) in [5.41, 5.74) is 0. The SMILES string of the molecule is CCCC(Sc1ccc(S(C)(=O)=O)cc1)C(=O)O. The van der Waals surface area contributed by atoms with Crippen molar-refractivity contribution >= 4 is 27.6 Å². The van der Waals surface area contributed by atoms with Crippen LogP contribution in [0.1, 0.15) is 19.8 Å². The number of carboxylic acid groups (broad SMARTS) is 1. The number of aliphatic carboxylic acids is 1. The van der Waals surface area contributed by atoms with Crippen LogP contribution in [0.25, 0.3) is 0 Å². The van der Waals surface area contributed by atoms with E-state index in [1.807, 2.05) is 6.92 Å². The number of carbonyl (C=O) groups is 1. The summed E-state index contributed by atoms with van der Waals surface area (Å²) in [6.45, 7) is 1.93. The van der Waals surface area contributed by atoms with Gasteiger partial charge in [-0.3, -0.25) is 4.79 Å². The molecule has 6 heteroatoms. The molecule has 1 rings (SSSR count). The number of carboxylic acids is 1. The molecule has 0 aromatic heterocycles. The van der Waals surface area contributed by atoms with Crippen molar-refractivity contribution in [2.24, 2.45) is 0 Å². The lowest BCUT2D eigenvalue weighted by molar-refractivity contribution is -0.136. The van der Waals surface area contributed by atoms with Gasteiger partial charge in [0.1, 0.15) is 5.25 Å². The molecule has 0 saturated heterocycles. The van der Waals surface area contributed by atoms with Crippen LogP contribution in [0.3, 0.4) is 0 Å². The van der Waals surface area contributed by atoms with E-state index in [1.54, 1.807) is 12.1 Å². The fourth-order valence-electron chi connectivity index (χ4n) is 1.42. The molecule has 0 bridgehead atoms. The van der Waals surface area contributed by atoms with Crippen molar-refractivity contribution in [1.29, 1.82) is 0 Å². The van der Waals surface area contributed by atoms with Crippen LogP contribution in [0.5, 0.6) is 0 Å². The Kier molecular flexibility index (Phi) is 5.22. The first kappa shape index (κ1) is 15.0. The van der Waals surface area contributed by atoms with E-state index in [-0.39, 0.29) is 4.90 Å². The molecular weight excluding hydrogens is 272 g/mol. The van der Waals surface area contributed by atoms with Crippen LogP contribution in [0.4, 0.5) is 0 Å². The summed E-state index contributed by atoms with van der Waals surface area (Å²) in [7, 11) is -3.20. The summed E-state index contributed by atoms with van der Waals surface area (Å²) in [4.78, 5) is 12.0. The van der Waals surface area contributed by atoms with Crippen LogP contribution in [-0.4, -0.2) is 31.0 Å². The Morgan fingerprint density at radius 3 is 2.28 bits per heavy atom. The third-order valence-electron chi connectivity index (χ3n) is 2.36. The maximum atomic E-state index is 11.3. The molecule has 0 aliphatic rings. The third-order valence-corrected chi connectivity index (χ3v) is 4.75. The molecule has 100 valence electrons. The van der Waals surface area contributed by atoms with Crippen molar-refractivity contribution in [3.05, 3.63) is 24.3 Å². The fraction of sp³-hybridized carbons (Fsp3) is 0.417. The van der Waals surface area contributed by atoms with E-state index in [4.69, 9.17) is 5.11 Å². The predicted molar refractivity (Wildman–Crippen MR) is 71.7 cm³/mol. The second-order valence-corrected chi connectivity index (χ2v) is 7.27. The van der Waals surface area contributed by atoms with E-state index in [0.717, 1.165) is 17.6 Å². The number of rotatable bonds is 6. The molecule has 0 radical (unpaired) electrons. The summed E-state index contributed by atoms with van der Waals surface area (Å²) < 4.78 is 22.6. The van der Waals surface area contributed by atoms with Crippen molar-refractivity contribution in [2.45, 2.75) is 34.8 Å². The van der Waals surface area contributed by atoms with E-state index in [1.165, 1.54) is 23.9 Å². The molecule has 4 nitrogen and oxygen atoms in total. The van der Waals surface area contributed by atoms with Gasteiger partial charge in [0.05, 0.1) is 4.90 Å². The third kappa shape index (κ3) is 4.34. The summed E-state index contributed by atoms with van der Waals surface area (Å²) >= 11 is 1.25. The second-order valence-electron chi connectivity index (χ2n) is 3.98. The van der Waals surface area contributed by atoms with Crippen molar-refractivity contribution in [2.75, 3.05) is 6.26 Å². The van der Waals surface area contributed by atoms with E-state index in [2.05, 4.69) is 0 Å². The number of hydrogen-bond donors (Lipinski definition) is 1. The summed E-state index contributed by atoms with van der Waals surface area (Å²) in [5, 5.41) is 8.55. The molecule has 0 heterocycles. The average Bonchev–Trinajstić information content (AvgIpc) is 2.28. The van der Waals surface area contributed by atoms with Crippen LogP contribution in [0.15, 0.2) is 34.1 Å². The minimum Gasteiger partial charge on any atom is -0.480 e. The molecule has 1 aromatic rings. The quantitative estimate of drug-likeness (QED) is 0.814. The van der Waals surface area contributed by atoms with Gasteiger partial charge < -0.3 is 5.11 Å². The number of thioether (sulfide) groups is 1. The van der Waals surface area contributed by atoms with Crippen LogP contribution in [0, 0.1) is 0 Å². The van der Waals surface area contributed by atoms with Gasteiger partial charge in [-0.2, -0.15) is 0 Å². The Hall–Kier alpha value is -1.01. The average molecular weight is 288 g/mol. The van der Waals surface area contributed by atoms with Crippen LogP contribution >= 0.6 is 11.8 Å². The number of benzene rings is 1. The van der Waals surface area contributed by atoms with Crippen molar-refractivity contribution in [3.63, 3.8) is 0 Å². The Labute approximate surface area is 111 Å². The van der Waals surface area contributed by atoms with Crippen molar-refractivity contribution in [3.8, 4) is 0 Å². The van der Waals surface area contributed by atoms with E-state index >= 15 is 0 Å². The minimum absolute atomic E-state index is 0.245. The van der Waals surface area contributed by atoms with Gasteiger partial charge in [0.2, 0.25) is 0 Å². The summed E-state index contributed by atoms with van der Waals surface area (Å²) in [6.07, 6.45) is 2.53. The van der Waals surface area contributed by atoms with Crippen LogP contribution in [-0.2, 0) is 14.6 Å². The monoisotopic (exact) mass is 288 g/mol. The van der Waals surface area contributed by atoms with Gasteiger partial charge in [-0.05, 0) is 30.7 Å². The molecule has 1 aromatic carbocycles. The summed E-state index contributed by atoms with van der Waals surface area (Å²) in [6, 6.07) is 6.30. The highest BCUT2D eigenvalue weighted by Crippen LogP contribution is 2.27. The molecule has 0 aliphatic heterocycles. The van der Waals surface area contributed by atoms with E-state index in [9.17, 15) is 13.2 Å². The lowest BCUT2D eigenvalue weighted by Crippen LogP contribution is -2.15. The van der Waals surface area contributed by atoms with Gasteiger partial charge in [-0.1, -0.05) is 13.3 Å². The Balaban J connectivity index is 2.83.